The third-order valence-corrected chi connectivity index (χ3v) is 20.5. The smallest absolute Gasteiger partial charge is 0.291 e. The van der Waals surface area contributed by atoms with Crippen LogP contribution >= 0.6 is 22.9 Å². The molecule has 0 bridgehead atoms. The Bertz CT molecular complexity index is 5140. The van der Waals surface area contributed by atoms with E-state index in [2.05, 4.69) is 97.1 Å². The number of fused-ring (bicyclic) bond motifs is 3. The number of carbonyl (C=O) groups is 10. The highest BCUT2D eigenvalue weighted by atomic mass is 35.5. The predicted molar refractivity (Wildman–Crippen MR) is 454 cm³/mol. The van der Waals surface area contributed by atoms with Crippen molar-refractivity contribution in [3.63, 3.8) is 0 Å². The van der Waals surface area contributed by atoms with Gasteiger partial charge in [0.15, 0.2) is 23.3 Å². The maximum Gasteiger partial charge on any atom is 0.291 e. The summed E-state index contributed by atoms with van der Waals surface area (Å²) >= 11 is 7.92. The number of aromatic nitrogens is 11. The Balaban J connectivity index is 0.476. The minimum absolute atomic E-state index is 0.00341. The highest BCUT2D eigenvalue weighted by Gasteiger charge is 2.33. The van der Waals surface area contributed by atoms with Crippen molar-refractivity contribution >= 4 is 116 Å². The molecular formula is C81H104ClN23O16S. The van der Waals surface area contributed by atoms with E-state index < -0.39 is 47.4 Å². The predicted octanol–water partition coefficient (Wildman–Crippen LogP) is 5.34. The second kappa shape index (κ2) is 45.9. The Morgan fingerprint density at radius 3 is 1.51 bits per heavy atom. The van der Waals surface area contributed by atoms with Crippen LogP contribution < -0.4 is 57.9 Å². The quantitative estimate of drug-likeness (QED) is 0.0215. The van der Waals surface area contributed by atoms with Crippen molar-refractivity contribution in [1.82, 2.24) is 84.0 Å². The zero-order chi connectivity index (χ0) is 87.2. The van der Waals surface area contributed by atoms with Gasteiger partial charge in [-0.15, -0.1) is 21.5 Å². The van der Waals surface area contributed by atoms with Crippen LogP contribution in [0.25, 0.3) is 5.00 Å². The molecule has 9 aromatic rings. The van der Waals surface area contributed by atoms with Crippen LogP contribution in [0, 0.1) is 20.8 Å². The molecule has 41 heteroatoms. The molecule has 1 aliphatic rings. The number of aliphatic imine (C=N–C) groups is 1. The van der Waals surface area contributed by atoms with Crippen LogP contribution in [0.5, 0.6) is 5.75 Å². The van der Waals surface area contributed by atoms with Crippen molar-refractivity contribution in [2.45, 2.75) is 71.8 Å². The van der Waals surface area contributed by atoms with Crippen LogP contribution in [0.1, 0.15) is 137 Å². The summed E-state index contributed by atoms with van der Waals surface area (Å²) in [4.78, 5) is 150. The fraction of sp³-hybridized carbons (Fsp3) is 0.432. The molecule has 122 heavy (non-hydrogen) atoms. The number of imidazole rings is 3. The summed E-state index contributed by atoms with van der Waals surface area (Å²) in [5.41, 5.74) is 5.45. The average Bonchev–Trinajstić information content (AvgIpc) is 1.59. The van der Waals surface area contributed by atoms with Crippen LogP contribution in [0.3, 0.4) is 0 Å². The van der Waals surface area contributed by atoms with Gasteiger partial charge in [-0.25, -0.2) is 15.0 Å². The van der Waals surface area contributed by atoms with Crippen LogP contribution in [0.2, 0.25) is 5.02 Å². The number of carbonyl (C=O) groups excluding carboxylic acids is 10. The Morgan fingerprint density at radius 1 is 0.484 bits per heavy atom. The number of aryl methyl sites for hydroxylation is 7. The van der Waals surface area contributed by atoms with Crippen LogP contribution in [0.15, 0.2) is 103 Å². The van der Waals surface area contributed by atoms with E-state index in [1.807, 2.05) is 42.8 Å². The molecule has 2 aromatic carbocycles. The SMILES string of the molecule is Cc1sc2c(c1C)C(c1ccc(Cl)cc1)=N[C@H](CC(=O)Nc1ccc(OCCOCCOCCOCCOCCOCCC(=O)NCCCN(C)CCCNC(=O)CCNC(=O)c3nc(NC(=O)CCNC(=O)c4cc(NC(=O)c5nc(NC(=O)CCNC(=O)c6cc(NC(=O)c7nccn7C)cn6C)cn5C)cn4C)cn3C)cc1)c1nnc(C)n1-2. The zero-order valence-electron chi connectivity index (χ0n) is 69.6. The Morgan fingerprint density at radius 2 is 0.975 bits per heavy atom. The molecule has 0 fully saturated rings. The molecule has 0 saturated heterocycles. The molecule has 0 saturated carbocycles. The second-order valence-electron chi connectivity index (χ2n) is 28.5. The van der Waals surface area contributed by atoms with Gasteiger partial charge >= 0.3 is 0 Å². The number of hydrogen-bond donors (Lipinski definition) is 10. The van der Waals surface area contributed by atoms with E-state index in [1.165, 1.54) is 55.2 Å². The van der Waals surface area contributed by atoms with Crippen LogP contribution in [0.4, 0.5) is 28.7 Å². The summed E-state index contributed by atoms with van der Waals surface area (Å²) in [5.74, 6) is -1.94. The van der Waals surface area contributed by atoms with Gasteiger partial charge in [0.05, 0.1) is 89.6 Å². The molecule has 0 aliphatic carbocycles. The minimum atomic E-state index is -0.640. The Labute approximate surface area is 713 Å². The first-order chi connectivity index (χ1) is 58.7. The molecule has 652 valence electrons. The Kier molecular flexibility index (Phi) is 34.6. The monoisotopic (exact) mass is 1720 g/mol. The molecule has 1 atom stereocenters. The Hall–Kier alpha value is -12.3. The molecular weight excluding hydrogens is 1620 g/mol. The minimum Gasteiger partial charge on any atom is -0.491 e. The lowest BCUT2D eigenvalue weighted by atomic mass is 9.99. The molecule has 0 spiro atoms. The first kappa shape index (κ1) is 92.0. The first-order valence-corrected chi connectivity index (χ1v) is 40.9. The summed E-state index contributed by atoms with van der Waals surface area (Å²) < 4.78 is 43.3. The largest absolute Gasteiger partial charge is 0.491 e. The van der Waals surface area contributed by atoms with Gasteiger partial charge in [-0.1, -0.05) is 23.7 Å². The maximum absolute atomic E-state index is 13.6. The number of amides is 10. The number of anilines is 5. The average molecular weight is 1720 g/mol. The van der Waals surface area contributed by atoms with E-state index in [0.29, 0.717) is 120 Å². The van der Waals surface area contributed by atoms with E-state index in [1.54, 1.807) is 87.8 Å². The molecule has 10 rings (SSSR count). The molecule has 0 radical (unpaired) electrons. The third-order valence-electron chi connectivity index (χ3n) is 19.0. The summed E-state index contributed by atoms with van der Waals surface area (Å²) in [6, 6.07) is 17.1. The number of nitrogens with zero attached hydrogens (tertiary/aromatic N) is 13. The summed E-state index contributed by atoms with van der Waals surface area (Å²) in [6.07, 6.45) is 10.6. The summed E-state index contributed by atoms with van der Waals surface area (Å²) in [5, 5.41) is 37.9. The van der Waals surface area contributed by atoms with Gasteiger partial charge in [-0.2, -0.15) is 0 Å². The van der Waals surface area contributed by atoms with Gasteiger partial charge in [0, 0.05) is 158 Å². The molecule has 10 amide bonds. The highest BCUT2D eigenvalue weighted by molar-refractivity contribution is 7.15. The number of rotatable bonds is 49. The molecule has 10 N–H and O–H groups in total. The number of halogens is 1. The normalized spacial score (nSPS) is 12.2. The lowest BCUT2D eigenvalue weighted by Crippen LogP contribution is -2.33. The van der Waals surface area contributed by atoms with Gasteiger partial charge < -0.3 is 109 Å². The van der Waals surface area contributed by atoms with E-state index in [-0.39, 0.29) is 122 Å². The molecule has 7 aromatic heterocycles. The van der Waals surface area contributed by atoms with Gasteiger partial charge in [0.2, 0.25) is 41.2 Å². The fourth-order valence-electron chi connectivity index (χ4n) is 12.7. The molecule has 8 heterocycles. The second-order valence-corrected chi connectivity index (χ2v) is 30.1. The van der Waals surface area contributed by atoms with Crippen molar-refractivity contribution in [2.75, 3.05) is 152 Å². The van der Waals surface area contributed by atoms with Crippen LogP contribution in [-0.4, -0.2) is 248 Å². The van der Waals surface area contributed by atoms with Crippen molar-refractivity contribution in [1.29, 1.82) is 0 Å². The van der Waals surface area contributed by atoms with Crippen molar-refractivity contribution in [2.24, 2.45) is 40.2 Å². The van der Waals surface area contributed by atoms with Gasteiger partial charge in [0.25, 0.3) is 29.5 Å². The topological polar surface area (TPSA) is 456 Å². The zero-order valence-corrected chi connectivity index (χ0v) is 71.2. The number of benzene rings is 2. The van der Waals surface area contributed by atoms with Gasteiger partial charge in [-0.05, 0) is 108 Å². The number of nitrogens with one attached hydrogen (secondary N) is 10. The van der Waals surface area contributed by atoms with E-state index in [0.717, 1.165) is 51.1 Å². The first-order valence-electron chi connectivity index (χ1n) is 39.7. The summed E-state index contributed by atoms with van der Waals surface area (Å²) in [6.45, 7) is 12.4. The van der Waals surface area contributed by atoms with Gasteiger partial charge in [-0.3, -0.25) is 57.5 Å². The number of thiophene rings is 1. The summed E-state index contributed by atoms with van der Waals surface area (Å²) in [7, 11) is 10.0. The maximum atomic E-state index is 13.6. The molecule has 0 unspecified atom stereocenters. The van der Waals surface area contributed by atoms with Crippen molar-refractivity contribution in [3.05, 3.63) is 165 Å². The fourth-order valence-corrected chi connectivity index (χ4v) is 14.0. The van der Waals surface area contributed by atoms with Gasteiger partial charge in [0.1, 0.15) is 40.6 Å². The third kappa shape index (κ3) is 27.4. The van der Waals surface area contributed by atoms with Crippen LogP contribution in [-0.2, 0) is 82.9 Å². The highest BCUT2D eigenvalue weighted by Crippen LogP contribution is 2.40. The number of hydrogen-bond acceptors (Lipinski definition) is 24. The molecule has 39 nitrogen and oxygen atoms in total. The standard InChI is InChI=1S/C81H104ClN23O16S/c1-51-52(2)122-81-70(51)71(54-12-14-55(82)15-13-54)92-60(72-98-97-53(3)105(72)81)46-69(110)89-56-16-18-59(19-17-56)121-43-42-120-41-40-119-39-38-118-37-36-117-35-34-116-33-23-66(107)84-25-11-31-99(4)30-10-24-83-65(106)20-26-88-78(113)74-95-63(49-103(74)8)93-67(108)21-27-87-77(112)62-45-58(48-102(62)7)91-80(115)75-96-64(50-104(75)9)94-68(109)22-28-86-76(111)61-44-57(47-101(61)6)90-79(114)73-85-29-32-100(73)5/h12-19,29,32,44-45,47-50,60H,10-11,20-28,30-31,33-43,46H2,1-9H3,(H,83,106)(H,84,107)(H,86,111)(H,87,112)(H,88,113)(H,89,110)(H,90,114)(H,91,115)(H,93,108)(H,94,109)/t60-/m1/s1. The van der Waals surface area contributed by atoms with Crippen molar-refractivity contribution in [3.8, 4) is 10.8 Å². The lowest BCUT2D eigenvalue weighted by molar-refractivity contribution is -0.122. The van der Waals surface area contributed by atoms with Crippen molar-refractivity contribution < 1.29 is 76.4 Å². The lowest BCUT2D eigenvalue weighted by Gasteiger charge is -2.16. The molecule has 1 aliphatic heterocycles. The van der Waals surface area contributed by atoms with E-state index in [9.17, 15) is 47.9 Å². The van der Waals surface area contributed by atoms with E-state index in [4.69, 9.17) is 45.0 Å². The number of ether oxygens (including phenoxy) is 6. The van der Waals surface area contributed by atoms with E-state index >= 15 is 0 Å².